The number of allylic oxidation sites excluding steroid dienone is 2. The lowest BCUT2D eigenvalue weighted by Crippen LogP contribution is -2.14. The summed E-state index contributed by atoms with van der Waals surface area (Å²) in [6.45, 7) is 0. The van der Waals surface area contributed by atoms with Gasteiger partial charge < -0.3 is 5.32 Å². The van der Waals surface area contributed by atoms with E-state index in [2.05, 4.69) is 120 Å². The second kappa shape index (κ2) is 12.9. The number of fused-ring (bicyclic) bond motifs is 3. The van der Waals surface area contributed by atoms with Crippen molar-refractivity contribution in [1.82, 2.24) is 20.3 Å². The summed E-state index contributed by atoms with van der Waals surface area (Å²) in [7, 11) is 0. The zero-order chi connectivity index (χ0) is 33.4. The molecule has 0 radical (unpaired) electrons. The van der Waals surface area contributed by atoms with Gasteiger partial charge in [0.1, 0.15) is 0 Å². The summed E-state index contributed by atoms with van der Waals surface area (Å²) >= 11 is 8.37. The van der Waals surface area contributed by atoms with Gasteiger partial charge in [0.25, 0.3) is 0 Å². The van der Waals surface area contributed by atoms with Gasteiger partial charge in [-0.2, -0.15) is 0 Å². The minimum atomic E-state index is 0.152. The Hall–Kier alpha value is -5.88. The molecule has 0 amide bonds. The standard InChI is InChI=1S/C44H29ClN4S/c45-37-12-8-11-36-41-43(50-42(36)37)40(32-9-2-1-3-10-32)48-44(49-41)35-26-33(28-15-19-30(20-16-28)38-13-4-6-23-46-38)25-34(27-35)29-17-21-31(22-18-29)39-14-5-7-24-47-39/h1-27,38,46H. The van der Waals surface area contributed by atoms with Crippen LogP contribution in [0, 0.1) is 0 Å². The van der Waals surface area contributed by atoms with Crippen LogP contribution in [0.15, 0.2) is 164 Å². The van der Waals surface area contributed by atoms with E-state index in [1.54, 1.807) is 11.3 Å². The Balaban J connectivity index is 1.22. The van der Waals surface area contributed by atoms with Gasteiger partial charge in [-0.25, -0.2) is 9.97 Å². The Kier molecular flexibility index (Phi) is 7.77. The third-order valence-electron chi connectivity index (χ3n) is 9.10. The molecule has 1 aliphatic heterocycles. The van der Waals surface area contributed by atoms with Crippen LogP contribution in [-0.4, -0.2) is 15.0 Å². The van der Waals surface area contributed by atoms with Gasteiger partial charge in [-0.1, -0.05) is 121 Å². The van der Waals surface area contributed by atoms with Gasteiger partial charge in [0.05, 0.1) is 37.4 Å². The number of hydrogen-bond acceptors (Lipinski definition) is 5. The molecule has 5 aromatic carbocycles. The molecule has 8 aromatic rings. The van der Waals surface area contributed by atoms with Crippen LogP contribution >= 0.6 is 22.9 Å². The number of benzene rings is 5. The summed E-state index contributed by atoms with van der Waals surface area (Å²) in [4.78, 5) is 15.1. The van der Waals surface area contributed by atoms with Crippen LogP contribution < -0.4 is 5.32 Å². The van der Waals surface area contributed by atoms with Crippen molar-refractivity contribution in [2.45, 2.75) is 6.04 Å². The SMILES string of the molecule is Clc1cccc2c1sc1c(-c3ccccc3)nc(-c3cc(-c4ccc(-c5ccccn5)cc4)cc(-c4ccc(C5C=CC=CN5)cc4)c3)nc12. The number of dihydropyridines is 1. The fraction of sp³-hybridized carbons (Fsp3) is 0.0227. The topological polar surface area (TPSA) is 50.7 Å². The monoisotopic (exact) mass is 680 g/mol. The highest BCUT2D eigenvalue weighted by molar-refractivity contribution is 7.26. The van der Waals surface area contributed by atoms with Crippen molar-refractivity contribution in [2.24, 2.45) is 0 Å². The molecule has 9 rings (SSSR count). The molecule has 1 aliphatic rings. The minimum absolute atomic E-state index is 0.152. The zero-order valence-electron chi connectivity index (χ0n) is 26.8. The number of halogens is 1. The Labute approximate surface area is 299 Å². The summed E-state index contributed by atoms with van der Waals surface area (Å²) in [6, 6.07) is 46.6. The lowest BCUT2D eigenvalue weighted by Gasteiger charge is -2.17. The van der Waals surface area contributed by atoms with Crippen LogP contribution in [-0.2, 0) is 0 Å². The van der Waals surface area contributed by atoms with Crippen molar-refractivity contribution in [3.05, 3.63) is 175 Å². The Morgan fingerprint density at radius 1 is 0.580 bits per heavy atom. The maximum atomic E-state index is 6.72. The molecule has 0 spiro atoms. The third-order valence-corrected chi connectivity index (χ3v) is 10.8. The Bertz CT molecular complexity index is 2560. The zero-order valence-corrected chi connectivity index (χ0v) is 28.4. The van der Waals surface area contributed by atoms with E-state index in [1.807, 2.05) is 54.9 Å². The number of pyridine rings is 1. The van der Waals surface area contributed by atoms with Crippen LogP contribution in [0.3, 0.4) is 0 Å². The van der Waals surface area contributed by atoms with Crippen molar-refractivity contribution >= 4 is 43.2 Å². The van der Waals surface area contributed by atoms with Crippen molar-refractivity contribution in [1.29, 1.82) is 0 Å². The molecule has 0 aliphatic carbocycles. The average molecular weight is 681 g/mol. The average Bonchev–Trinajstić information content (AvgIpc) is 3.58. The molecular formula is C44H29ClN4S. The maximum Gasteiger partial charge on any atom is 0.160 e. The lowest BCUT2D eigenvalue weighted by molar-refractivity contribution is 0.746. The van der Waals surface area contributed by atoms with Gasteiger partial charge in [-0.05, 0) is 76.5 Å². The van der Waals surface area contributed by atoms with Crippen molar-refractivity contribution in [3.8, 4) is 56.2 Å². The molecule has 0 saturated heterocycles. The molecule has 0 saturated carbocycles. The molecule has 3 aromatic heterocycles. The summed E-state index contributed by atoms with van der Waals surface area (Å²) < 4.78 is 2.05. The normalized spacial score (nSPS) is 13.9. The maximum absolute atomic E-state index is 6.72. The number of aromatic nitrogens is 3. The molecule has 0 fully saturated rings. The number of hydrogen-bond donors (Lipinski definition) is 1. The second-order valence-electron chi connectivity index (χ2n) is 12.3. The first-order valence-electron chi connectivity index (χ1n) is 16.5. The number of thiophene rings is 1. The molecule has 1 N–H and O–H groups in total. The molecule has 0 bridgehead atoms. The van der Waals surface area contributed by atoms with Crippen molar-refractivity contribution in [3.63, 3.8) is 0 Å². The predicted octanol–water partition coefficient (Wildman–Crippen LogP) is 11.9. The molecule has 4 heterocycles. The first-order valence-corrected chi connectivity index (χ1v) is 17.7. The van der Waals surface area contributed by atoms with E-state index in [-0.39, 0.29) is 6.04 Å². The smallest absolute Gasteiger partial charge is 0.160 e. The molecule has 6 heteroatoms. The summed E-state index contributed by atoms with van der Waals surface area (Å²) in [6.07, 6.45) is 10.1. The van der Waals surface area contributed by atoms with Crippen molar-refractivity contribution < 1.29 is 0 Å². The highest BCUT2D eigenvalue weighted by Gasteiger charge is 2.19. The fourth-order valence-electron chi connectivity index (χ4n) is 6.54. The minimum Gasteiger partial charge on any atom is -0.381 e. The molecule has 1 atom stereocenters. The van der Waals surface area contributed by atoms with E-state index in [4.69, 9.17) is 21.6 Å². The molecule has 50 heavy (non-hydrogen) atoms. The Morgan fingerprint density at radius 2 is 1.30 bits per heavy atom. The first kappa shape index (κ1) is 30.2. The fourth-order valence-corrected chi connectivity index (χ4v) is 7.99. The number of nitrogens with zero attached hydrogens (tertiary/aromatic N) is 3. The lowest BCUT2D eigenvalue weighted by atomic mass is 9.94. The summed E-state index contributed by atoms with van der Waals surface area (Å²) in [5, 5.41) is 5.19. The first-order chi connectivity index (χ1) is 24.7. The van der Waals surface area contributed by atoms with Gasteiger partial charge in [-0.15, -0.1) is 11.3 Å². The van der Waals surface area contributed by atoms with E-state index in [0.717, 1.165) is 75.7 Å². The largest absolute Gasteiger partial charge is 0.381 e. The molecule has 238 valence electrons. The Morgan fingerprint density at radius 3 is 2.02 bits per heavy atom. The van der Waals surface area contributed by atoms with Gasteiger partial charge in [0, 0.05) is 28.3 Å². The van der Waals surface area contributed by atoms with Gasteiger partial charge >= 0.3 is 0 Å². The molecular weight excluding hydrogens is 652 g/mol. The summed E-state index contributed by atoms with van der Waals surface area (Å²) in [5.74, 6) is 0.671. The van der Waals surface area contributed by atoms with Gasteiger partial charge in [0.2, 0.25) is 0 Å². The van der Waals surface area contributed by atoms with E-state index in [0.29, 0.717) is 5.82 Å². The molecule has 4 nitrogen and oxygen atoms in total. The van der Waals surface area contributed by atoms with Crippen LogP contribution in [0.25, 0.3) is 76.5 Å². The van der Waals surface area contributed by atoms with Gasteiger partial charge in [-0.3, -0.25) is 4.98 Å². The van der Waals surface area contributed by atoms with E-state index in [1.165, 1.54) is 5.56 Å². The van der Waals surface area contributed by atoms with E-state index in [9.17, 15) is 0 Å². The highest BCUT2D eigenvalue weighted by Crippen LogP contribution is 2.42. The molecule has 1 unspecified atom stereocenters. The summed E-state index contributed by atoms with van der Waals surface area (Å²) in [5.41, 5.74) is 11.4. The van der Waals surface area contributed by atoms with E-state index < -0.39 is 0 Å². The van der Waals surface area contributed by atoms with Crippen LogP contribution in [0.1, 0.15) is 11.6 Å². The van der Waals surface area contributed by atoms with Crippen LogP contribution in [0.4, 0.5) is 0 Å². The quantitative estimate of drug-likeness (QED) is 0.190. The highest BCUT2D eigenvalue weighted by atomic mass is 35.5. The van der Waals surface area contributed by atoms with Crippen molar-refractivity contribution in [2.75, 3.05) is 0 Å². The predicted molar refractivity (Wildman–Crippen MR) is 209 cm³/mol. The third kappa shape index (κ3) is 5.67. The number of nitrogens with one attached hydrogen (secondary N) is 1. The van der Waals surface area contributed by atoms with Gasteiger partial charge in [0.15, 0.2) is 5.82 Å². The second-order valence-corrected chi connectivity index (χ2v) is 13.7. The van der Waals surface area contributed by atoms with Crippen LogP contribution in [0.5, 0.6) is 0 Å². The van der Waals surface area contributed by atoms with E-state index >= 15 is 0 Å². The number of rotatable bonds is 6. The van der Waals surface area contributed by atoms with Crippen LogP contribution in [0.2, 0.25) is 5.02 Å².